The molecule has 0 radical (unpaired) electrons. The molecule has 0 aliphatic heterocycles. The van der Waals surface area contributed by atoms with Crippen LogP contribution in [0.5, 0.6) is 0 Å². The lowest BCUT2D eigenvalue weighted by atomic mass is 10.1. The highest BCUT2D eigenvalue weighted by Gasteiger charge is 2.29. The molecule has 3 aromatic rings. The van der Waals surface area contributed by atoms with E-state index in [0.717, 1.165) is 26.7 Å². The Morgan fingerprint density at radius 1 is 1.43 bits per heavy atom. The van der Waals surface area contributed by atoms with Crippen molar-refractivity contribution < 1.29 is 14.5 Å². The van der Waals surface area contributed by atoms with Gasteiger partial charge in [0.1, 0.15) is 5.69 Å². The van der Waals surface area contributed by atoms with E-state index in [2.05, 4.69) is 29.2 Å². The highest BCUT2D eigenvalue weighted by molar-refractivity contribution is 8.01. The maximum absolute atomic E-state index is 12.7. The predicted octanol–water partition coefficient (Wildman–Crippen LogP) is 4.41. The standard InChI is InChI=1S/C19H23N5O4S2/c1-11-15(24(26)27)16(23(4)22-11)17(25)20-12-6-7-13-14(10-12)30-18(21-13)29-9-8-19(2,3)28-5/h6-7,10H,8-9H2,1-5H3,(H,20,25). The molecule has 1 aromatic carbocycles. The molecule has 0 saturated carbocycles. The number of amides is 1. The van der Waals surface area contributed by atoms with Gasteiger partial charge in [-0.3, -0.25) is 19.6 Å². The number of methoxy groups -OCH3 is 1. The van der Waals surface area contributed by atoms with E-state index in [0.29, 0.717) is 5.69 Å². The fraction of sp³-hybridized carbons (Fsp3) is 0.421. The van der Waals surface area contributed by atoms with Crippen LogP contribution in [-0.4, -0.2) is 44.1 Å². The van der Waals surface area contributed by atoms with Crippen LogP contribution in [0.2, 0.25) is 0 Å². The van der Waals surface area contributed by atoms with Crippen molar-refractivity contribution >= 4 is 50.6 Å². The number of nitrogens with one attached hydrogen (secondary N) is 1. The van der Waals surface area contributed by atoms with E-state index < -0.39 is 10.8 Å². The van der Waals surface area contributed by atoms with Gasteiger partial charge in [-0.25, -0.2) is 4.98 Å². The summed E-state index contributed by atoms with van der Waals surface area (Å²) in [5, 5.41) is 18.0. The number of nitro groups is 1. The summed E-state index contributed by atoms with van der Waals surface area (Å²) in [5.41, 5.74) is 1.04. The van der Waals surface area contributed by atoms with Crippen LogP contribution in [0.3, 0.4) is 0 Å². The van der Waals surface area contributed by atoms with Crippen molar-refractivity contribution in [1.29, 1.82) is 0 Å². The van der Waals surface area contributed by atoms with Gasteiger partial charge in [-0.1, -0.05) is 11.8 Å². The third kappa shape index (κ3) is 4.79. The van der Waals surface area contributed by atoms with Crippen LogP contribution in [-0.2, 0) is 11.8 Å². The summed E-state index contributed by atoms with van der Waals surface area (Å²) in [4.78, 5) is 28.0. The minimum Gasteiger partial charge on any atom is -0.379 e. The van der Waals surface area contributed by atoms with Gasteiger partial charge in [0, 0.05) is 25.6 Å². The fourth-order valence-corrected chi connectivity index (χ4v) is 5.26. The number of thiazole rings is 1. The van der Waals surface area contributed by atoms with Crippen LogP contribution in [0, 0.1) is 17.0 Å². The first kappa shape index (κ1) is 22.2. The Morgan fingerprint density at radius 2 is 2.17 bits per heavy atom. The van der Waals surface area contributed by atoms with E-state index in [9.17, 15) is 14.9 Å². The lowest BCUT2D eigenvalue weighted by Gasteiger charge is -2.21. The van der Waals surface area contributed by atoms with Crippen molar-refractivity contribution in [1.82, 2.24) is 14.8 Å². The molecule has 0 unspecified atom stereocenters. The molecule has 1 N–H and O–H groups in total. The van der Waals surface area contributed by atoms with E-state index in [4.69, 9.17) is 4.74 Å². The van der Waals surface area contributed by atoms with E-state index in [-0.39, 0.29) is 22.7 Å². The first-order valence-electron chi connectivity index (χ1n) is 9.19. The van der Waals surface area contributed by atoms with Crippen molar-refractivity contribution in [3.8, 4) is 0 Å². The van der Waals surface area contributed by atoms with Gasteiger partial charge in [-0.2, -0.15) is 5.10 Å². The monoisotopic (exact) mass is 449 g/mol. The summed E-state index contributed by atoms with van der Waals surface area (Å²) in [6, 6.07) is 5.38. The summed E-state index contributed by atoms with van der Waals surface area (Å²) in [6.07, 6.45) is 0.897. The van der Waals surface area contributed by atoms with Gasteiger partial charge in [0.25, 0.3) is 5.91 Å². The molecule has 0 saturated heterocycles. The Kier molecular flexibility index (Phi) is 6.44. The van der Waals surface area contributed by atoms with Crippen molar-refractivity contribution in [3.05, 3.63) is 39.7 Å². The number of hydrogen-bond donors (Lipinski definition) is 1. The molecule has 2 aromatic heterocycles. The number of rotatable bonds is 8. The zero-order valence-corrected chi connectivity index (χ0v) is 19.0. The maximum atomic E-state index is 12.7. The lowest BCUT2D eigenvalue weighted by molar-refractivity contribution is -0.385. The van der Waals surface area contributed by atoms with Crippen molar-refractivity contribution in [2.24, 2.45) is 7.05 Å². The number of fused-ring (bicyclic) bond motifs is 1. The van der Waals surface area contributed by atoms with Gasteiger partial charge >= 0.3 is 5.69 Å². The number of aryl methyl sites for hydroxylation is 2. The SMILES string of the molecule is COC(C)(C)CCSc1nc2ccc(NC(=O)c3c([N+](=O)[O-])c(C)nn3C)cc2s1. The number of aromatic nitrogens is 3. The van der Waals surface area contributed by atoms with Crippen LogP contribution in [0.15, 0.2) is 22.5 Å². The summed E-state index contributed by atoms with van der Waals surface area (Å²) in [7, 11) is 3.22. The molecular weight excluding hydrogens is 426 g/mol. The number of carbonyl (C=O) groups excluding carboxylic acids is 1. The second-order valence-corrected chi connectivity index (χ2v) is 9.71. The number of hydrogen-bond acceptors (Lipinski definition) is 8. The minimum absolute atomic E-state index is 0.0843. The molecule has 0 spiro atoms. The first-order valence-corrected chi connectivity index (χ1v) is 11.0. The molecule has 3 rings (SSSR count). The Balaban J connectivity index is 1.75. The zero-order valence-electron chi connectivity index (χ0n) is 17.4. The van der Waals surface area contributed by atoms with Crippen LogP contribution in [0.25, 0.3) is 10.2 Å². The van der Waals surface area contributed by atoms with Gasteiger partial charge in [0.05, 0.1) is 20.7 Å². The smallest absolute Gasteiger partial charge is 0.322 e. The number of ether oxygens (including phenoxy) is 1. The van der Waals surface area contributed by atoms with Crippen molar-refractivity contribution in [2.45, 2.75) is 37.1 Å². The highest BCUT2D eigenvalue weighted by Crippen LogP contribution is 2.33. The number of thioether (sulfide) groups is 1. The van der Waals surface area contributed by atoms with Gasteiger partial charge in [0.15, 0.2) is 4.34 Å². The fourth-order valence-electron chi connectivity index (χ4n) is 2.84. The van der Waals surface area contributed by atoms with Gasteiger partial charge < -0.3 is 10.1 Å². The van der Waals surface area contributed by atoms with E-state index >= 15 is 0 Å². The minimum atomic E-state index is -0.585. The quantitative estimate of drug-likeness (QED) is 0.308. The van der Waals surface area contributed by atoms with Gasteiger partial charge in [0.2, 0.25) is 5.69 Å². The molecule has 2 heterocycles. The second kappa shape index (κ2) is 8.70. The molecule has 0 aliphatic carbocycles. The van der Waals surface area contributed by atoms with E-state index in [1.807, 2.05) is 12.1 Å². The molecule has 1 amide bonds. The Morgan fingerprint density at radius 3 is 2.83 bits per heavy atom. The average molecular weight is 450 g/mol. The Bertz CT molecular complexity index is 1110. The van der Waals surface area contributed by atoms with Gasteiger partial charge in [-0.15, -0.1) is 11.3 Å². The summed E-state index contributed by atoms with van der Waals surface area (Å²) in [6.45, 7) is 5.61. The van der Waals surface area contributed by atoms with Crippen LogP contribution in [0.1, 0.15) is 36.5 Å². The van der Waals surface area contributed by atoms with Crippen molar-refractivity contribution in [2.75, 3.05) is 18.2 Å². The Labute approximate surface area is 182 Å². The third-order valence-corrected chi connectivity index (χ3v) is 6.86. The van der Waals surface area contributed by atoms with E-state index in [1.54, 1.807) is 36.3 Å². The van der Waals surface area contributed by atoms with Gasteiger partial charge in [-0.05, 0) is 45.4 Å². The lowest BCUT2D eigenvalue weighted by Crippen LogP contribution is -2.22. The molecule has 0 bridgehead atoms. The predicted molar refractivity (Wildman–Crippen MR) is 119 cm³/mol. The molecule has 0 atom stereocenters. The van der Waals surface area contributed by atoms with Crippen LogP contribution >= 0.6 is 23.1 Å². The Hall–Kier alpha value is -2.50. The second-order valence-electron chi connectivity index (χ2n) is 7.34. The molecule has 30 heavy (non-hydrogen) atoms. The first-order chi connectivity index (χ1) is 14.1. The maximum Gasteiger partial charge on any atom is 0.322 e. The van der Waals surface area contributed by atoms with Crippen molar-refractivity contribution in [3.63, 3.8) is 0 Å². The molecule has 160 valence electrons. The normalized spacial score (nSPS) is 11.8. The third-order valence-electron chi connectivity index (χ3n) is 4.70. The molecule has 0 aliphatic rings. The summed E-state index contributed by atoms with van der Waals surface area (Å²) in [5.74, 6) is 0.304. The largest absolute Gasteiger partial charge is 0.379 e. The molecule has 11 heteroatoms. The number of benzene rings is 1. The summed E-state index contributed by atoms with van der Waals surface area (Å²) < 4.78 is 8.53. The topological polar surface area (TPSA) is 112 Å². The van der Waals surface area contributed by atoms with Crippen LogP contribution < -0.4 is 5.32 Å². The highest BCUT2D eigenvalue weighted by atomic mass is 32.2. The van der Waals surface area contributed by atoms with E-state index in [1.165, 1.54) is 18.7 Å². The van der Waals surface area contributed by atoms with Crippen LogP contribution in [0.4, 0.5) is 11.4 Å². The molecule has 9 nitrogen and oxygen atoms in total. The number of anilines is 1. The summed E-state index contributed by atoms with van der Waals surface area (Å²) >= 11 is 3.21. The molecular formula is C19H23N5O4S2. The number of carbonyl (C=O) groups is 1. The number of nitrogens with zero attached hydrogens (tertiary/aromatic N) is 4. The zero-order chi connectivity index (χ0) is 22.1. The average Bonchev–Trinajstić information content (AvgIpc) is 3.20. The molecule has 0 fully saturated rings.